The second-order valence-electron chi connectivity index (χ2n) is 8.19. The second kappa shape index (κ2) is 7.97. The van der Waals surface area contributed by atoms with Crippen LogP contribution in [0.3, 0.4) is 0 Å². The number of rotatable bonds is 4. The van der Waals surface area contributed by atoms with Crippen LogP contribution >= 0.6 is 27.5 Å². The van der Waals surface area contributed by atoms with Crippen LogP contribution in [0.4, 0.5) is 11.4 Å². The standard InChI is InChI=1S/C23H28BrClN2/c1-6-9-27-22-12-20(25)17(11-19(22)16(3)13-23(27,4)5)14-26-21-8-7-18(24)10-15(21)2/h7-8,10-12,14,16H,6,9,13H2,1-5H3. The number of aryl methyl sites for hydroxylation is 1. The van der Waals surface area contributed by atoms with Crippen LogP contribution in [0.5, 0.6) is 0 Å². The number of anilines is 1. The Morgan fingerprint density at radius 3 is 2.70 bits per heavy atom. The summed E-state index contributed by atoms with van der Waals surface area (Å²) in [4.78, 5) is 7.21. The van der Waals surface area contributed by atoms with Crippen LogP contribution in [0.1, 0.15) is 63.1 Å². The number of aliphatic imine (C=N–C) groups is 1. The summed E-state index contributed by atoms with van der Waals surface area (Å²) < 4.78 is 1.07. The monoisotopic (exact) mass is 446 g/mol. The van der Waals surface area contributed by atoms with Gasteiger partial charge in [0.2, 0.25) is 0 Å². The van der Waals surface area contributed by atoms with Crippen molar-refractivity contribution >= 4 is 45.1 Å². The lowest BCUT2D eigenvalue weighted by Gasteiger charge is -2.47. The molecule has 1 aliphatic heterocycles. The number of halogens is 2. The lowest BCUT2D eigenvalue weighted by atomic mass is 9.79. The molecule has 0 spiro atoms. The van der Waals surface area contributed by atoms with Crippen molar-refractivity contribution < 1.29 is 0 Å². The largest absolute Gasteiger partial charge is 0.366 e. The highest BCUT2D eigenvalue weighted by Crippen LogP contribution is 2.45. The normalized spacial score (nSPS) is 18.8. The van der Waals surface area contributed by atoms with E-state index in [0.717, 1.165) is 45.7 Å². The van der Waals surface area contributed by atoms with Crippen molar-refractivity contribution in [1.82, 2.24) is 0 Å². The molecule has 144 valence electrons. The van der Waals surface area contributed by atoms with Gasteiger partial charge in [-0.25, -0.2) is 0 Å². The van der Waals surface area contributed by atoms with E-state index in [0.29, 0.717) is 5.92 Å². The van der Waals surface area contributed by atoms with Crippen molar-refractivity contribution in [3.63, 3.8) is 0 Å². The van der Waals surface area contributed by atoms with Crippen molar-refractivity contribution in [2.24, 2.45) is 4.99 Å². The zero-order valence-corrected chi connectivity index (χ0v) is 19.2. The average Bonchev–Trinajstić information content (AvgIpc) is 2.58. The molecular formula is C23H28BrClN2. The molecule has 0 fully saturated rings. The van der Waals surface area contributed by atoms with Gasteiger partial charge in [-0.15, -0.1) is 0 Å². The lowest BCUT2D eigenvalue weighted by molar-refractivity contribution is 0.376. The third-order valence-corrected chi connectivity index (χ3v) is 6.27. The van der Waals surface area contributed by atoms with E-state index in [4.69, 9.17) is 16.6 Å². The van der Waals surface area contributed by atoms with Crippen LogP contribution in [0.15, 0.2) is 39.8 Å². The molecule has 0 saturated heterocycles. The van der Waals surface area contributed by atoms with Crippen LogP contribution in [-0.2, 0) is 0 Å². The molecule has 0 radical (unpaired) electrons. The van der Waals surface area contributed by atoms with Crippen molar-refractivity contribution in [2.45, 2.75) is 58.9 Å². The van der Waals surface area contributed by atoms with Crippen LogP contribution in [0.25, 0.3) is 0 Å². The Balaban J connectivity index is 2.00. The maximum absolute atomic E-state index is 6.67. The average molecular weight is 448 g/mol. The zero-order chi connectivity index (χ0) is 19.8. The van der Waals surface area contributed by atoms with Gasteiger partial charge in [-0.05, 0) is 81.0 Å². The van der Waals surface area contributed by atoms with Gasteiger partial charge >= 0.3 is 0 Å². The summed E-state index contributed by atoms with van der Waals surface area (Å²) >= 11 is 10.2. The fraction of sp³-hybridized carbons (Fsp3) is 0.435. The first-order valence-corrected chi connectivity index (χ1v) is 10.8. The third kappa shape index (κ3) is 4.25. The predicted octanol–water partition coefficient (Wildman–Crippen LogP) is 7.66. The topological polar surface area (TPSA) is 15.6 Å². The maximum Gasteiger partial charge on any atom is 0.0659 e. The molecule has 2 aromatic carbocycles. The van der Waals surface area contributed by atoms with Gasteiger partial charge in [0.05, 0.1) is 10.7 Å². The number of benzene rings is 2. The molecule has 1 unspecified atom stereocenters. The van der Waals surface area contributed by atoms with Gasteiger partial charge in [-0.1, -0.05) is 41.4 Å². The molecule has 0 saturated carbocycles. The smallest absolute Gasteiger partial charge is 0.0659 e. The molecule has 1 heterocycles. The van der Waals surface area contributed by atoms with Gasteiger partial charge in [-0.3, -0.25) is 4.99 Å². The minimum atomic E-state index is 0.149. The molecule has 1 atom stereocenters. The Kier molecular flexibility index (Phi) is 6.02. The number of nitrogens with zero attached hydrogens (tertiary/aromatic N) is 2. The van der Waals surface area contributed by atoms with Crippen molar-refractivity contribution in [3.8, 4) is 0 Å². The third-order valence-electron chi connectivity index (χ3n) is 5.45. The summed E-state index contributed by atoms with van der Waals surface area (Å²) in [6.45, 7) is 12.3. The van der Waals surface area contributed by atoms with Gasteiger partial charge in [0.25, 0.3) is 0 Å². The van der Waals surface area contributed by atoms with Crippen molar-refractivity contribution in [2.75, 3.05) is 11.4 Å². The van der Waals surface area contributed by atoms with E-state index in [-0.39, 0.29) is 5.54 Å². The van der Waals surface area contributed by atoms with E-state index in [1.54, 1.807) is 0 Å². The molecule has 4 heteroatoms. The molecule has 1 aliphatic rings. The molecular weight excluding hydrogens is 420 g/mol. The van der Waals surface area contributed by atoms with E-state index in [2.05, 4.69) is 73.6 Å². The Bertz CT molecular complexity index is 873. The van der Waals surface area contributed by atoms with Crippen LogP contribution < -0.4 is 4.90 Å². The number of fused-ring (bicyclic) bond motifs is 1. The van der Waals surface area contributed by atoms with E-state index in [9.17, 15) is 0 Å². The number of hydrogen-bond donors (Lipinski definition) is 0. The highest BCUT2D eigenvalue weighted by Gasteiger charge is 2.36. The van der Waals surface area contributed by atoms with E-state index in [1.807, 2.05) is 18.3 Å². The Labute approximate surface area is 176 Å². The van der Waals surface area contributed by atoms with Crippen LogP contribution in [0.2, 0.25) is 5.02 Å². The SMILES string of the molecule is CCCN1c2cc(Cl)c(C=Nc3ccc(Br)cc3C)cc2C(C)CC1(C)C. The van der Waals surface area contributed by atoms with Crippen LogP contribution in [0, 0.1) is 6.92 Å². The minimum absolute atomic E-state index is 0.149. The summed E-state index contributed by atoms with van der Waals surface area (Å²) in [6.07, 6.45) is 4.17. The first kappa shape index (κ1) is 20.4. The predicted molar refractivity (Wildman–Crippen MR) is 122 cm³/mol. The molecule has 0 aliphatic carbocycles. The van der Waals surface area contributed by atoms with Gasteiger partial charge < -0.3 is 4.90 Å². The number of hydrogen-bond acceptors (Lipinski definition) is 2. The second-order valence-corrected chi connectivity index (χ2v) is 9.51. The Morgan fingerprint density at radius 1 is 1.30 bits per heavy atom. The molecule has 2 nitrogen and oxygen atoms in total. The fourth-order valence-electron chi connectivity index (χ4n) is 4.17. The highest BCUT2D eigenvalue weighted by molar-refractivity contribution is 9.10. The fourth-order valence-corrected chi connectivity index (χ4v) is 4.85. The van der Waals surface area contributed by atoms with Gasteiger partial charge in [-0.2, -0.15) is 0 Å². The van der Waals surface area contributed by atoms with Crippen LogP contribution in [-0.4, -0.2) is 18.3 Å². The first-order valence-electron chi connectivity index (χ1n) is 9.64. The highest BCUT2D eigenvalue weighted by atomic mass is 79.9. The van der Waals surface area contributed by atoms with Gasteiger partial charge in [0, 0.05) is 34.0 Å². The lowest BCUT2D eigenvalue weighted by Crippen LogP contribution is -2.48. The Hall–Kier alpha value is -1.32. The van der Waals surface area contributed by atoms with E-state index >= 15 is 0 Å². The first-order chi connectivity index (χ1) is 12.7. The summed E-state index contributed by atoms with van der Waals surface area (Å²) in [5.74, 6) is 0.502. The summed E-state index contributed by atoms with van der Waals surface area (Å²) in [5.41, 5.74) is 5.90. The molecule has 0 amide bonds. The Morgan fingerprint density at radius 2 is 2.04 bits per heavy atom. The van der Waals surface area contributed by atoms with Crippen molar-refractivity contribution in [3.05, 3.63) is 56.5 Å². The molecule has 0 bridgehead atoms. The van der Waals surface area contributed by atoms with Crippen molar-refractivity contribution in [1.29, 1.82) is 0 Å². The van der Waals surface area contributed by atoms with Gasteiger partial charge in [0.1, 0.15) is 0 Å². The van der Waals surface area contributed by atoms with Gasteiger partial charge in [0.15, 0.2) is 0 Å². The summed E-state index contributed by atoms with van der Waals surface area (Å²) in [7, 11) is 0. The quantitative estimate of drug-likeness (QED) is 0.439. The minimum Gasteiger partial charge on any atom is -0.366 e. The molecule has 0 aromatic heterocycles. The molecule has 27 heavy (non-hydrogen) atoms. The van der Waals surface area contributed by atoms with E-state index < -0.39 is 0 Å². The molecule has 2 aromatic rings. The molecule has 0 N–H and O–H groups in total. The zero-order valence-electron chi connectivity index (χ0n) is 16.8. The maximum atomic E-state index is 6.67. The molecule has 3 rings (SSSR count). The van der Waals surface area contributed by atoms with E-state index in [1.165, 1.54) is 11.3 Å². The summed E-state index contributed by atoms with van der Waals surface area (Å²) in [6, 6.07) is 10.5. The summed E-state index contributed by atoms with van der Waals surface area (Å²) in [5, 5.41) is 0.762.